The minimum atomic E-state index is -0.0710. The van der Waals surface area contributed by atoms with Gasteiger partial charge in [0.1, 0.15) is 5.75 Å². The van der Waals surface area contributed by atoms with Gasteiger partial charge in [-0.05, 0) is 87.4 Å². The molecule has 0 spiro atoms. The smallest absolute Gasteiger partial charge is 0.253 e. The van der Waals surface area contributed by atoms with Crippen molar-refractivity contribution in [2.24, 2.45) is 5.92 Å². The minimum Gasteiger partial charge on any atom is -0.497 e. The zero-order valence-electron chi connectivity index (χ0n) is 19.3. The van der Waals surface area contributed by atoms with Crippen molar-refractivity contribution in [1.29, 1.82) is 0 Å². The molecule has 1 aliphatic carbocycles. The van der Waals surface area contributed by atoms with E-state index < -0.39 is 0 Å². The maximum absolute atomic E-state index is 12.8. The number of hydrogen-bond donors (Lipinski definition) is 0. The topological polar surface area (TPSA) is 32.8 Å². The normalized spacial score (nSPS) is 21.6. The van der Waals surface area contributed by atoms with Crippen molar-refractivity contribution >= 4 is 5.91 Å². The number of ether oxygens (including phenoxy) is 1. The van der Waals surface area contributed by atoms with Crippen LogP contribution in [0, 0.1) is 5.92 Å². The first-order valence-corrected chi connectivity index (χ1v) is 11.9. The summed E-state index contributed by atoms with van der Waals surface area (Å²) >= 11 is 0. The first-order valence-electron chi connectivity index (χ1n) is 11.9. The highest BCUT2D eigenvalue weighted by Crippen LogP contribution is 2.42. The lowest BCUT2D eigenvalue weighted by molar-refractivity contribution is 0.0773. The predicted octanol–water partition coefficient (Wildman–Crippen LogP) is 4.97. The van der Waals surface area contributed by atoms with Crippen molar-refractivity contribution in [1.82, 2.24) is 9.80 Å². The van der Waals surface area contributed by atoms with Gasteiger partial charge in [-0.3, -0.25) is 4.79 Å². The van der Waals surface area contributed by atoms with Crippen LogP contribution in [-0.4, -0.2) is 55.5 Å². The molecule has 1 atom stereocenters. The largest absolute Gasteiger partial charge is 0.497 e. The maximum atomic E-state index is 12.8. The molecule has 0 bridgehead atoms. The third-order valence-electron chi connectivity index (χ3n) is 7.14. The summed E-state index contributed by atoms with van der Waals surface area (Å²) in [7, 11) is 1.74. The number of rotatable bonds is 8. The van der Waals surface area contributed by atoms with Gasteiger partial charge in [-0.25, -0.2) is 0 Å². The Hall–Kier alpha value is -2.33. The average molecular weight is 421 g/mol. The fourth-order valence-electron chi connectivity index (χ4n) is 5.15. The third-order valence-corrected chi connectivity index (χ3v) is 7.14. The second kappa shape index (κ2) is 9.44. The van der Waals surface area contributed by atoms with Gasteiger partial charge in [0.25, 0.3) is 5.91 Å². The summed E-state index contributed by atoms with van der Waals surface area (Å²) in [5.41, 5.74) is 3.32. The summed E-state index contributed by atoms with van der Waals surface area (Å²) in [5, 5.41) is 0. The van der Waals surface area contributed by atoms with Crippen LogP contribution >= 0.6 is 0 Å². The molecule has 31 heavy (non-hydrogen) atoms. The number of amides is 1. The molecule has 1 saturated heterocycles. The van der Waals surface area contributed by atoms with Crippen LogP contribution in [-0.2, 0) is 5.41 Å². The van der Waals surface area contributed by atoms with Crippen LogP contribution in [0.5, 0.6) is 5.75 Å². The number of carbonyl (C=O) groups is 1. The number of hydrogen-bond acceptors (Lipinski definition) is 3. The Morgan fingerprint density at radius 1 is 1.10 bits per heavy atom. The molecule has 1 heterocycles. The Morgan fingerprint density at radius 2 is 1.84 bits per heavy atom. The van der Waals surface area contributed by atoms with Crippen molar-refractivity contribution in [3.63, 3.8) is 0 Å². The van der Waals surface area contributed by atoms with E-state index in [9.17, 15) is 4.79 Å². The Balaban J connectivity index is 1.69. The van der Waals surface area contributed by atoms with E-state index in [1.165, 1.54) is 43.5 Å². The molecule has 1 saturated carbocycles. The SMILES string of the molecule is CCN(CC)C(=O)c1ccc(C2(c3cccc(OC)c3)CCCN(CC3CC3)C2)cc1. The van der Waals surface area contributed by atoms with Crippen molar-refractivity contribution in [3.8, 4) is 5.75 Å². The number of nitrogens with zero attached hydrogens (tertiary/aromatic N) is 2. The number of methoxy groups -OCH3 is 1. The second-order valence-corrected chi connectivity index (χ2v) is 9.15. The van der Waals surface area contributed by atoms with Crippen LogP contribution in [0.15, 0.2) is 48.5 Å². The van der Waals surface area contributed by atoms with Gasteiger partial charge in [0.15, 0.2) is 0 Å². The number of carbonyl (C=O) groups excluding carboxylic acids is 1. The molecule has 0 radical (unpaired) electrons. The van der Waals surface area contributed by atoms with Gasteiger partial charge in [-0.15, -0.1) is 0 Å². The average Bonchev–Trinajstić information content (AvgIpc) is 3.64. The molecular weight excluding hydrogens is 384 g/mol. The van der Waals surface area contributed by atoms with E-state index in [1.807, 2.05) is 36.9 Å². The van der Waals surface area contributed by atoms with E-state index in [-0.39, 0.29) is 11.3 Å². The molecule has 2 fully saturated rings. The van der Waals surface area contributed by atoms with Gasteiger partial charge in [0.05, 0.1) is 7.11 Å². The van der Waals surface area contributed by atoms with Crippen LogP contribution in [0.25, 0.3) is 0 Å². The lowest BCUT2D eigenvalue weighted by Gasteiger charge is -2.44. The summed E-state index contributed by atoms with van der Waals surface area (Å²) in [4.78, 5) is 17.4. The molecule has 2 aromatic carbocycles. The molecule has 0 aromatic heterocycles. The summed E-state index contributed by atoms with van der Waals surface area (Å²) in [6, 6.07) is 17.0. The first-order chi connectivity index (χ1) is 15.1. The predicted molar refractivity (Wildman–Crippen MR) is 126 cm³/mol. The molecule has 0 N–H and O–H groups in total. The van der Waals surface area contributed by atoms with Gasteiger partial charge < -0.3 is 14.5 Å². The quantitative estimate of drug-likeness (QED) is 0.604. The van der Waals surface area contributed by atoms with Gasteiger partial charge in [0.2, 0.25) is 0 Å². The van der Waals surface area contributed by atoms with Crippen molar-refractivity contribution < 1.29 is 9.53 Å². The Kier molecular flexibility index (Phi) is 6.66. The highest BCUT2D eigenvalue weighted by molar-refractivity contribution is 5.94. The Morgan fingerprint density at radius 3 is 2.48 bits per heavy atom. The summed E-state index contributed by atoms with van der Waals surface area (Å²) in [6.07, 6.45) is 5.06. The minimum absolute atomic E-state index is 0.0710. The first kappa shape index (κ1) is 21.9. The highest BCUT2D eigenvalue weighted by atomic mass is 16.5. The van der Waals surface area contributed by atoms with E-state index in [2.05, 4.69) is 35.2 Å². The van der Waals surface area contributed by atoms with Crippen molar-refractivity contribution in [3.05, 3.63) is 65.2 Å². The molecular formula is C27H36N2O2. The zero-order valence-corrected chi connectivity index (χ0v) is 19.3. The van der Waals surface area contributed by atoms with Gasteiger partial charge >= 0.3 is 0 Å². The van der Waals surface area contributed by atoms with E-state index in [0.29, 0.717) is 0 Å². The van der Waals surface area contributed by atoms with Crippen LogP contribution in [0.4, 0.5) is 0 Å². The molecule has 4 heteroatoms. The van der Waals surface area contributed by atoms with Gasteiger partial charge in [-0.2, -0.15) is 0 Å². The van der Waals surface area contributed by atoms with Gasteiger partial charge in [0, 0.05) is 37.2 Å². The lowest BCUT2D eigenvalue weighted by Crippen LogP contribution is -2.47. The Labute approximate surface area is 187 Å². The molecule has 2 aliphatic rings. The van der Waals surface area contributed by atoms with Crippen LogP contribution in [0.1, 0.15) is 61.0 Å². The van der Waals surface area contributed by atoms with E-state index in [0.717, 1.165) is 43.3 Å². The third kappa shape index (κ3) is 4.64. The van der Waals surface area contributed by atoms with Crippen molar-refractivity contribution in [2.75, 3.05) is 39.8 Å². The summed E-state index contributed by atoms with van der Waals surface area (Å²) < 4.78 is 5.57. The monoisotopic (exact) mass is 420 g/mol. The zero-order chi connectivity index (χ0) is 21.8. The molecule has 4 nitrogen and oxygen atoms in total. The van der Waals surface area contributed by atoms with Gasteiger partial charge in [-0.1, -0.05) is 24.3 Å². The fraction of sp³-hybridized carbons (Fsp3) is 0.519. The van der Waals surface area contributed by atoms with Crippen LogP contribution in [0.2, 0.25) is 0 Å². The Bertz CT molecular complexity index is 886. The second-order valence-electron chi connectivity index (χ2n) is 9.15. The molecule has 166 valence electrons. The molecule has 1 unspecified atom stereocenters. The van der Waals surface area contributed by atoms with E-state index >= 15 is 0 Å². The number of benzene rings is 2. The highest BCUT2D eigenvalue weighted by Gasteiger charge is 2.40. The van der Waals surface area contributed by atoms with Crippen molar-refractivity contribution in [2.45, 2.75) is 44.9 Å². The van der Waals surface area contributed by atoms with E-state index in [1.54, 1.807) is 7.11 Å². The molecule has 2 aromatic rings. The summed E-state index contributed by atoms with van der Waals surface area (Å²) in [6.45, 7) is 8.96. The van der Waals surface area contributed by atoms with E-state index in [4.69, 9.17) is 4.74 Å². The maximum Gasteiger partial charge on any atom is 0.253 e. The molecule has 4 rings (SSSR count). The lowest BCUT2D eigenvalue weighted by atomic mass is 9.69. The standard InChI is InChI=1S/C27H36N2O2/c1-4-29(5-2)26(30)22-12-14-23(15-13-22)27(24-8-6-9-25(18-24)31-3)16-7-17-28(20-27)19-21-10-11-21/h6,8-9,12-15,18,21H,4-5,7,10-11,16-17,19-20H2,1-3H3. The fourth-order valence-corrected chi connectivity index (χ4v) is 5.15. The number of likely N-dealkylation sites (tertiary alicyclic amines) is 1. The number of piperidine rings is 1. The van der Waals surface area contributed by atoms with Crippen LogP contribution in [0.3, 0.4) is 0 Å². The summed E-state index contributed by atoms with van der Waals surface area (Å²) in [5.74, 6) is 1.91. The molecule has 1 aliphatic heterocycles. The molecule has 1 amide bonds. The van der Waals surface area contributed by atoms with Crippen LogP contribution < -0.4 is 4.74 Å².